The molecule has 0 saturated carbocycles. The zero-order chi connectivity index (χ0) is 18.8. The highest BCUT2D eigenvalue weighted by Crippen LogP contribution is 2.29. The molecule has 0 amide bonds. The molecule has 0 atom stereocenters. The molecule has 4 rings (SSSR count). The fourth-order valence-electron chi connectivity index (χ4n) is 4.27. The van der Waals surface area contributed by atoms with E-state index in [-0.39, 0.29) is 6.10 Å². The summed E-state index contributed by atoms with van der Waals surface area (Å²) in [7, 11) is 2.10. The Morgan fingerprint density at radius 1 is 1.07 bits per heavy atom. The number of aliphatic hydroxyl groups excluding tert-OH is 1. The molecule has 27 heavy (non-hydrogen) atoms. The molecule has 0 unspecified atom stereocenters. The van der Waals surface area contributed by atoms with Crippen molar-refractivity contribution in [3.8, 4) is 0 Å². The van der Waals surface area contributed by atoms with Crippen molar-refractivity contribution in [3.63, 3.8) is 0 Å². The smallest absolute Gasteiger partial charge is 0.146 e. The van der Waals surface area contributed by atoms with E-state index in [1.165, 1.54) is 5.69 Å². The molecule has 0 radical (unpaired) electrons. The molecule has 2 fully saturated rings. The number of aliphatic hydroxyl groups is 1. The Morgan fingerprint density at radius 3 is 2.52 bits per heavy atom. The third-order valence-electron chi connectivity index (χ3n) is 6.03. The van der Waals surface area contributed by atoms with Crippen LogP contribution in [0.5, 0.6) is 0 Å². The summed E-state index contributed by atoms with van der Waals surface area (Å²) in [5.74, 6) is 2.62. The van der Waals surface area contributed by atoms with Crippen LogP contribution in [0.25, 0.3) is 0 Å². The summed E-state index contributed by atoms with van der Waals surface area (Å²) < 4.78 is 2.20. The van der Waals surface area contributed by atoms with Crippen LogP contribution < -0.4 is 4.90 Å². The predicted molar refractivity (Wildman–Crippen MR) is 105 cm³/mol. The van der Waals surface area contributed by atoms with Crippen molar-refractivity contribution in [2.75, 3.05) is 31.1 Å². The van der Waals surface area contributed by atoms with Gasteiger partial charge in [0.1, 0.15) is 11.6 Å². The van der Waals surface area contributed by atoms with E-state index in [0.717, 1.165) is 75.7 Å². The number of likely N-dealkylation sites (tertiary alicyclic amines) is 1. The molecule has 2 saturated heterocycles. The highest BCUT2D eigenvalue weighted by molar-refractivity contribution is 5.46. The minimum Gasteiger partial charge on any atom is -0.393 e. The highest BCUT2D eigenvalue weighted by atomic mass is 16.3. The van der Waals surface area contributed by atoms with E-state index in [1.54, 1.807) is 0 Å². The molecule has 7 nitrogen and oxygen atoms in total. The lowest BCUT2D eigenvalue weighted by Crippen LogP contribution is -2.36. The number of nitrogens with zero attached hydrogens (tertiary/aromatic N) is 6. The Balaban J connectivity index is 1.37. The maximum absolute atomic E-state index is 9.67. The van der Waals surface area contributed by atoms with E-state index in [0.29, 0.717) is 5.92 Å². The average molecular weight is 371 g/mol. The molecule has 0 aliphatic carbocycles. The van der Waals surface area contributed by atoms with Crippen molar-refractivity contribution in [3.05, 3.63) is 35.7 Å². The van der Waals surface area contributed by atoms with Crippen LogP contribution in [0.1, 0.15) is 48.9 Å². The monoisotopic (exact) mass is 370 g/mol. The summed E-state index contributed by atoms with van der Waals surface area (Å²) in [5.41, 5.74) is 2.34. The molecule has 0 bridgehead atoms. The molecule has 4 heterocycles. The van der Waals surface area contributed by atoms with Crippen LogP contribution in [0.15, 0.2) is 18.3 Å². The minimum atomic E-state index is -0.134. The fourth-order valence-corrected chi connectivity index (χ4v) is 4.27. The van der Waals surface area contributed by atoms with E-state index in [4.69, 9.17) is 0 Å². The van der Waals surface area contributed by atoms with Crippen molar-refractivity contribution in [2.45, 2.75) is 51.2 Å². The van der Waals surface area contributed by atoms with Crippen LogP contribution in [-0.2, 0) is 13.6 Å². The second kappa shape index (κ2) is 7.94. The third kappa shape index (κ3) is 4.14. The summed E-state index contributed by atoms with van der Waals surface area (Å²) in [6.07, 6.45) is 5.68. The summed E-state index contributed by atoms with van der Waals surface area (Å²) in [6.45, 7) is 6.83. The first-order valence-electron chi connectivity index (χ1n) is 10.1. The van der Waals surface area contributed by atoms with Gasteiger partial charge in [0.25, 0.3) is 0 Å². The number of hydrogen-bond donors (Lipinski definition) is 1. The van der Waals surface area contributed by atoms with E-state index in [2.05, 4.69) is 48.7 Å². The first-order chi connectivity index (χ1) is 13.1. The number of piperidine rings is 2. The van der Waals surface area contributed by atoms with E-state index in [9.17, 15) is 5.11 Å². The van der Waals surface area contributed by atoms with Crippen LogP contribution in [0.2, 0.25) is 0 Å². The van der Waals surface area contributed by atoms with Gasteiger partial charge < -0.3 is 14.6 Å². The molecule has 146 valence electrons. The van der Waals surface area contributed by atoms with Crippen LogP contribution in [0, 0.1) is 6.92 Å². The first-order valence-corrected chi connectivity index (χ1v) is 10.1. The molecule has 2 aromatic rings. The number of aromatic nitrogens is 4. The maximum Gasteiger partial charge on any atom is 0.146 e. The second-order valence-electron chi connectivity index (χ2n) is 7.96. The fraction of sp³-hybridized carbons (Fsp3) is 0.650. The Morgan fingerprint density at radius 2 is 1.81 bits per heavy atom. The zero-order valence-electron chi connectivity index (χ0n) is 16.4. The molecule has 2 aromatic heterocycles. The standard InChI is InChI=1S/C20H30N6O/c1-15-13-17(3-8-21-15)26-11-4-16(5-12-26)20-23-22-19(24(20)2)14-25-9-6-18(27)7-10-25/h3,8,13,16,18,27H,4-7,9-12,14H2,1-2H3. The summed E-state index contributed by atoms with van der Waals surface area (Å²) >= 11 is 0. The van der Waals surface area contributed by atoms with Gasteiger partial charge in [-0.05, 0) is 44.7 Å². The van der Waals surface area contributed by atoms with Gasteiger partial charge in [-0.3, -0.25) is 9.88 Å². The lowest BCUT2D eigenvalue weighted by Gasteiger charge is -2.33. The van der Waals surface area contributed by atoms with Crippen molar-refractivity contribution in [1.82, 2.24) is 24.6 Å². The average Bonchev–Trinajstić information content (AvgIpc) is 3.04. The molecule has 0 aromatic carbocycles. The van der Waals surface area contributed by atoms with Crippen LogP contribution >= 0.6 is 0 Å². The van der Waals surface area contributed by atoms with Gasteiger partial charge in [0.05, 0.1) is 12.6 Å². The normalized spacial score (nSPS) is 20.3. The topological polar surface area (TPSA) is 70.3 Å². The van der Waals surface area contributed by atoms with Crippen LogP contribution in [0.3, 0.4) is 0 Å². The van der Waals surface area contributed by atoms with Crippen molar-refractivity contribution in [1.29, 1.82) is 0 Å². The largest absolute Gasteiger partial charge is 0.393 e. The lowest BCUT2D eigenvalue weighted by atomic mass is 9.95. The minimum absolute atomic E-state index is 0.134. The molecule has 1 N–H and O–H groups in total. The van der Waals surface area contributed by atoms with Gasteiger partial charge in [0, 0.05) is 56.7 Å². The number of pyridine rings is 1. The van der Waals surface area contributed by atoms with Gasteiger partial charge in [-0.1, -0.05) is 0 Å². The number of rotatable bonds is 4. The number of aryl methyl sites for hydroxylation is 1. The van der Waals surface area contributed by atoms with Crippen LogP contribution in [0.4, 0.5) is 5.69 Å². The molecule has 2 aliphatic heterocycles. The van der Waals surface area contributed by atoms with Gasteiger partial charge in [-0.25, -0.2) is 0 Å². The van der Waals surface area contributed by atoms with Crippen molar-refractivity contribution in [2.24, 2.45) is 7.05 Å². The first kappa shape index (κ1) is 18.4. The summed E-state index contributed by atoms with van der Waals surface area (Å²) in [4.78, 5) is 9.11. The summed E-state index contributed by atoms with van der Waals surface area (Å²) in [6, 6.07) is 4.26. The van der Waals surface area contributed by atoms with Gasteiger partial charge in [0.15, 0.2) is 0 Å². The maximum atomic E-state index is 9.67. The SMILES string of the molecule is Cc1cc(N2CCC(c3nnc(CN4CCC(O)CC4)n3C)CC2)ccn1. The van der Waals surface area contributed by atoms with Gasteiger partial charge in [-0.2, -0.15) is 0 Å². The van der Waals surface area contributed by atoms with E-state index in [1.807, 2.05) is 13.1 Å². The Bertz CT molecular complexity index is 760. The summed E-state index contributed by atoms with van der Waals surface area (Å²) in [5, 5.41) is 18.7. The number of anilines is 1. The van der Waals surface area contributed by atoms with E-state index < -0.39 is 0 Å². The van der Waals surface area contributed by atoms with Gasteiger partial charge >= 0.3 is 0 Å². The molecule has 2 aliphatic rings. The second-order valence-corrected chi connectivity index (χ2v) is 7.96. The Kier molecular flexibility index (Phi) is 5.41. The van der Waals surface area contributed by atoms with Gasteiger partial charge in [0.2, 0.25) is 0 Å². The third-order valence-corrected chi connectivity index (χ3v) is 6.03. The predicted octanol–water partition coefficient (Wildman–Crippen LogP) is 1.86. The zero-order valence-corrected chi connectivity index (χ0v) is 16.4. The van der Waals surface area contributed by atoms with Gasteiger partial charge in [-0.15, -0.1) is 10.2 Å². The van der Waals surface area contributed by atoms with E-state index >= 15 is 0 Å². The molecule has 0 spiro atoms. The molecule has 7 heteroatoms. The Hall–Kier alpha value is -1.99. The highest BCUT2D eigenvalue weighted by Gasteiger charge is 2.26. The molecular weight excluding hydrogens is 340 g/mol. The lowest BCUT2D eigenvalue weighted by molar-refractivity contribution is 0.0775. The quantitative estimate of drug-likeness (QED) is 0.886. The molecular formula is C20H30N6O. The van der Waals surface area contributed by atoms with Crippen molar-refractivity contribution < 1.29 is 5.11 Å². The van der Waals surface area contributed by atoms with Crippen LogP contribution in [-0.4, -0.2) is 62.0 Å². The number of hydrogen-bond acceptors (Lipinski definition) is 6. The Labute approximate surface area is 161 Å². The van der Waals surface area contributed by atoms with Crippen molar-refractivity contribution >= 4 is 5.69 Å².